The van der Waals surface area contributed by atoms with Crippen LogP contribution in [-0.4, -0.2) is 43.0 Å². The third-order valence-electron chi connectivity index (χ3n) is 5.64. The van der Waals surface area contributed by atoms with Crippen molar-refractivity contribution in [3.05, 3.63) is 94.5 Å². The maximum absolute atomic E-state index is 13.6. The van der Waals surface area contributed by atoms with Gasteiger partial charge in [0.25, 0.3) is 5.91 Å². The molecule has 2 amide bonds. The zero-order valence-electron chi connectivity index (χ0n) is 20.9. The quantitative estimate of drug-likeness (QED) is 0.333. The van der Waals surface area contributed by atoms with Crippen molar-refractivity contribution in [3.8, 4) is 11.5 Å². The summed E-state index contributed by atoms with van der Waals surface area (Å²) in [7, 11) is 1.55. The van der Waals surface area contributed by atoms with E-state index in [1.165, 1.54) is 0 Å². The number of nitrogens with one attached hydrogen (secondary N) is 1. The number of carbonyl (C=O) groups excluding carboxylic acids is 2. The van der Waals surface area contributed by atoms with Gasteiger partial charge < -0.3 is 19.7 Å². The fourth-order valence-electron chi connectivity index (χ4n) is 3.72. The maximum Gasteiger partial charge on any atom is 0.261 e. The average molecular weight is 553 g/mol. The van der Waals surface area contributed by atoms with Crippen molar-refractivity contribution in [2.75, 3.05) is 20.3 Å². The van der Waals surface area contributed by atoms with Crippen molar-refractivity contribution in [2.45, 2.75) is 32.9 Å². The lowest BCUT2D eigenvalue weighted by molar-refractivity contribution is -0.142. The molecule has 0 radical (unpaired) electrons. The van der Waals surface area contributed by atoms with Gasteiger partial charge in [-0.2, -0.15) is 0 Å². The molecule has 3 aromatic rings. The van der Waals surface area contributed by atoms with Crippen LogP contribution in [0.4, 0.5) is 0 Å². The summed E-state index contributed by atoms with van der Waals surface area (Å²) in [4.78, 5) is 28.7. The van der Waals surface area contributed by atoms with Crippen molar-refractivity contribution in [3.63, 3.8) is 0 Å². The van der Waals surface area contributed by atoms with Gasteiger partial charge in [-0.3, -0.25) is 9.59 Å². The third-order valence-corrected chi connectivity index (χ3v) is 6.17. The summed E-state index contributed by atoms with van der Waals surface area (Å²) >= 11 is 3.46. The molecular weight excluding hydrogens is 520 g/mol. The van der Waals surface area contributed by atoms with Crippen molar-refractivity contribution >= 4 is 27.7 Å². The number of ether oxygens (including phenoxy) is 2. The number of para-hydroxylation sites is 2. The van der Waals surface area contributed by atoms with Crippen LogP contribution in [0.3, 0.4) is 0 Å². The molecule has 0 aliphatic heterocycles. The number of hydrogen-bond acceptors (Lipinski definition) is 4. The van der Waals surface area contributed by atoms with Crippen molar-refractivity contribution in [1.29, 1.82) is 0 Å². The summed E-state index contributed by atoms with van der Waals surface area (Å²) in [5.41, 5.74) is 1.89. The summed E-state index contributed by atoms with van der Waals surface area (Å²) in [6.07, 6.45) is 0.391. The Morgan fingerprint density at radius 2 is 1.53 bits per heavy atom. The normalized spacial score (nSPS) is 11.6. The molecule has 0 saturated heterocycles. The van der Waals surface area contributed by atoms with Gasteiger partial charge in [-0.05, 0) is 41.3 Å². The van der Waals surface area contributed by atoms with Crippen molar-refractivity contribution < 1.29 is 19.1 Å². The van der Waals surface area contributed by atoms with Gasteiger partial charge in [0.2, 0.25) is 5.91 Å². The first-order valence-electron chi connectivity index (χ1n) is 12.0. The monoisotopic (exact) mass is 552 g/mol. The Hall–Kier alpha value is -3.32. The molecule has 3 aromatic carbocycles. The van der Waals surface area contributed by atoms with Crippen molar-refractivity contribution in [2.24, 2.45) is 5.92 Å². The number of benzene rings is 3. The van der Waals surface area contributed by atoms with Gasteiger partial charge in [0.15, 0.2) is 18.1 Å². The van der Waals surface area contributed by atoms with E-state index in [1.807, 2.05) is 80.6 Å². The molecule has 0 aliphatic carbocycles. The minimum atomic E-state index is -0.705. The van der Waals surface area contributed by atoms with Gasteiger partial charge in [0.1, 0.15) is 6.04 Å². The number of carbonyl (C=O) groups is 2. The van der Waals surface area contributed by atoms with E-state index in [9.17, 15) is 9.59 Å². The van der Waals surface area contributed by atoms with Crippen LogP contribution in [0.15, 0.2) is 83.3 Å². The van der Waals surface area contributed by atoms with E-state index in [2.05, 4.69) is 21.2 Å². The van der Waals surface area contributed by atoms with Crippen LogP contribution in [0.5, 0.6) is 11.5 Å². The first-order chi connectivity index (χ1) is 17.4. The maximum atomic E-state index is 13.6. The molecule has 1 N–H and O–H groups in total. The minimum Gasteiger partial charge on any atom is -0.493 e. The molecule has 0 aromatic heterocycles. The van der Waals surface area contributed by atoms with Crippen LogP contribution in [-0.2, 0) is 22.6 Å². The minimum absolute atomic E-state index is 0.185. The lowest BCUT2D eigenvalue weighted by atomic mass is 10.0. The van der Waals surface area contributed by atoms with Crippen LogP contribution < -0.4 is 14.8 Å². The second kappa shape index (κ2) is 13.7. The topological polar surface area (TPSA) is 67.9 Å². The molecule has 36 heavy (non-hydrogen) atoms. The highest BCUT2D eigenvalue weighted by Gasteiger charge is 2.31. The second-order valence-electron chi connectivity index (χ2n) is 8.93. The predicted octanol–water partition coefficient (Wildman–Crippen LogP) is 5.25. The summed E-state index contributed by atoms with van der Waals surface area (Å²) in [5.74, 6) is 0.830. The van der Waals surface area contributed by atoms with Crippen LogP contribution in [0.2, 0.25) is 0 Å². The summed E-state index contributed by atoms with van der Waals surface area (Å²) in [5, 5.41) is 3.02. The van der Waals surface area contributed by atoms with E-state index in [-0.39, 0.29) is 30.9 Å². The summed E-state index contributed by atoms with van der Waals surface area (Å²) in [6, 6.07) is 23.9. The fraction of sp³-hybridized carbons (Fsp3) is 0.310. The largest absolute Gasteiger partial charge is 0.493 e. The molecule has 190 valence electrons. The highest BCUT2D eigenvalue weighted by molar-refractivity contribution is 9.10. The van der Waals surface area contributed by atoms with Gasteiger partial charge in [-0.15, -0.1) is 0 Å². The number of hydrogen-bond donors (Lipinski definition) is 1. The second-order valence-corrected chi connectivity index (χ2v) is 9.85. The highest BCUT2D eigenvalue weighted by atomic mass is 79.9. The Kier molecular flexibility index (Phi) is 10.4. The van der Waals surface area contributed by atoms with Gasteiger partial charge in [-0.1, -0.05) is 84.4 Å². The lowest BCUT2D eigenvalue weighted by Gasteiger charge is -2.31. The first-order valence-corrected chi connectivity index (χ1v) is 12.8. The van der Waals surface area contributed by atoms with E-state index in [0.29, 0.717) is 24.5 Å². The predicted molar refractivity (Wildman–Crippen MR) is 145 cm³/mol. The molecule has 0 spiro atoms. The third kappa shape index (κ3) is 8.12. The smallest absolute Gasteiger partial charge is 0.261 e. The van der Waals surface area contributed by atoms with Gasteiger partial charge in [-0.25, -0.2) is 0 Å². The first kappa shape index (κ1) is 27.3. The Balaban J connectivity index is 1.90. The number of amides is 2. The fourth-order valence-corrected chi connectivity index (χ4v) is 3.99. The van der Waals surface area contributed by atoms with E-state index in [4.69, 9.17) is 9.47 Å². The van der Waals surface area contributed by atoms with E-state index < -0.39 is 6.04 Å². The van der Waals surface area contributed by atoms with Crippen LogP contribution >= 0.6 is 15.9 Å². The molecule has 0 heterocycles. The zero-order chi connectivity index (χ0) is 25.9. The zero-order valence-corrected chi connectivity index (χ0v) is 22.5. The molecule has 0 fully saturated rings. The molecule has 0 bridgehead atoms. The van der Waals surface area contributed by atoms with E-state index in [1.54, 1.807) is 24.1 Å². The van der Waals surface area contributed by atoms with Crippen LogP contribution in [0, 0.1) is 5.92 Å². The van der Waals surface area contributed by atoms with E-state index in [0.717, 1.165) is 15.6 Å². The average Bonchev–Trinajstić information content (AvgIpc) is 2.89. The Bertz CT molecular complexity index is 1120. The number of rotatable bonds is 12. The van der Waals surface area contributed by atoms with Gasteiger partial charge in [0.05, 0.1) is 7.11 Å². The highest BCUT2D eigenvalue weighted by Crippen LogP contribution is 2.26. The van der Waals surface area contributed by atoms with Gasteiger partial charge >= 0.3 is 0 Å². The lowest BCUT2D eigenvalue weighted by Crippen LogP contribution is -2.52. The Morgan fingerprint density at radius 3 is 2.17 bits per heavy atom. The number of nitrogens with zero attached hydrogens (tertiary/aromatic N) is 1. The molecule has 3 rings (SSSR count). The van der Waals surface area contributed by atoms with Crippen LogP contribution in [0.1, 0.15) is 25.0 Å². The molecule has 7 heteroatoms. The number of methoxy groups -OCH3 is 1. The van der Waals surface area contributed by atoms with Crippen LogP contribution in [0.25, 0.3) is 0 Å². The molecular formula is C29H33BrN2O4. The number of halogens is 1. The molecule has 0 unspecified atom stereocenters. The Morgan fingerprint density at radius 1 is 0.889 bits per heavy atom. The summed E-state index contributed by atoms with van der Waals surface area (Å²) in [6.45, 7) is 4.66. The molecule has 1 atom stereocenters. The molecule has 0 aliphatic rings. The Labute approximate surface area is 221 Å². The van der Waals surface area contributed by atoms with Gasteiger partial charge in [0, 0.05) is 24.0 Å². The standard InChI is InChI=1S/C29H33BrN2O4/c1-21(2)18-31-29(34)25(17-22-9-5-4-6-10-22)32(19-23-13-15-24(30)16-14-23)28(33)20-36-27-12-8-7-11-26(27)35-3/h4-16,21,25H,17-20H2,1-3H3,(H,31,34)/t25-/m1/s1. The summed E-state index contributed by atoms with van der Waals surface area (Å²) < 4.78 is 12.1. The molecule has 6 nitrogen and oxygen atoms in total. The van der Waals surface area contributed by atoms with E-state index >= 15 is 0 Å². The SMILES string of the molecule is COc1ccccc1OCC(=O)N(Cc1ccc(Br)cc1)[C@H](Cc1ccccc1)C(=O)NCC(C)C. The van der Waals surface area contributed by atoms with Crippen molar-refractivity contribution in [1.82, 2.24) is 10.2 Å². The molecule has 0 saturated carbocycles.